The van der Waals surface area contributed by atoms with Crippen molar-refractivity contribution in [3.8, 4) is 44.5 Å². The van der Waals surface area contributed by atoms with E-state index in [2.05, 4.69) is 37.1 Å². The molecule has 8 heteroatoms. The lowest BCUT2D eigenvalue weighted by molar-refractivity contribution is -0.117. The highest BCUT2D eigenvalue weighted by atomic mass is 16.2. The number of nitrogens with one attached hydrogen (secondary N) is 2. The Hall–Kier alpha value is -5.50. The number of carbonyl (C=O) groups is 2. The molecule has 0 saturated carbocycles. The third-order valence-electron chi connectivity index (χ3n) is 6.64. The predicted molar refractivity (Wildman–Crippen MR) is 164 cm³/mol. The Kier molecular flexibility index (Phi) is 8.84. The summed E-state index contributed by atoms with van der Waals surface area (Å²) in [5, 5.41) is 5.76. The Bertz CT molecular complexity index is 1620. The summed E-state index contributed by atoms with van der Waals surface area (Å²) in [5.74, 6) is -0.403. The van der Waals surface area contributed by atoms with Gasteiger partial charge in [0.1, 0.15) is 0 Å². The minimum atomic E-state index is -0.211. The molecule has 208 valence electrons. The van der Waals surface area contributed by atoms with Crippen LogP contribution in [0.4, 0.5) is 0 Å². The highest BCUT2D eigenvalue weighted by Crippen LogP contribution is 2.31. The molecule has 4 aromatic heterocycles. The zero-order chi connectivity index (χ0) is 29.3. The molecule has 0 atom stereocenters. The maximum atomic E-state index is 13.3. The van der Waals surface area contributed by atoms with Crippen LogP contribution in [0.3, 0.4) is 0 Å². The molecule has 0 aliphatic heterocycles. The van der Waals surface area contributed by atoms with Crippen molar-refractivity contribution in [2.45, 2.75) is 13.3 Å². The average molecular weight is 555 g/mol. The van der Waals surface area contributed by atoms with Gasteiger partial charge in [-0.2, -0.15) is 0 Å². The van der Waals surface area contributed by atoms with E-state index < -0.39 is 0 Å². The number of hydrogen-bond donors (Lipinski definition) is 2. The van der Waals surface area contributed by atoms with Crippen LogP contribution in [0, 0.1) is 0 Å². The van der Waals surface area contributed by atoms with Gasteiger partial charge in [-0.15, -0.1) is 0 Å². The molecule has 0 saturated heterocycles. The summed E-state index contributed by atoms with van der Waals surface area (Å²) >= 11 is 0. The summed E-state index contributed by atoms with van der Waals surface area (Å²) in [6, 6.07) is 17.6. The van der Waals surface area contributed by atoms with Gasteiger partial charge in [0.15, 0.2) is 0 Å². The van der Waals surface area contributed by atoms with Gasteiger partial charge in [-0.1, -0.05) is 18.7 Å². The molecule has 0 fully saturated rings. The molecule has 4 heterocycles. The third kappa shape index (κ3) is 6.98. The van der Waals surface area contributed by atoms with Gasteiger partial charge < -0.3 is 10.6 Å². The molecular weight excluding hydrogens is 524 g/mol. The molecule has 2 amide bonds. The summed E-state index contributed by atoms with van der Waals surface area (Å²) in [6.45, 7) is 6.14. The Morgan fingerprint density at radius 1 is 0.619 bits per heavy atom. The van der Waals surface area contributed by atoms with Crippen LogP contribution >= 0.6 is 0 Å². The topological polar surface area (TPSA) is 110 Å². The van der Waals surface area contributed by atoms with Crippen molar-refractivity contribution in [1.82, 2.24) is 30.6 Å². The van der Waals surface area contributed by atoms with Crippen LogP contribution in [0.25, 0.3) is 44.5 Å². The highest BCUT2D eigenvalue weighted by Gasteiger charge is 2.13. The second kappa shape index (κ2) is 13.2. The van der Waals surface area contributed by atoms with Gasteiger partial charge >= 0.3 is 0 Å². The van der Waals surface area contributed by atoms with Crippen molar-refractivity contribution < 1.29 is 9.59 Å². The maximum absolute atomic E-state index is 13.3. The summed E-state index contributed by atoms with van der Waals surface area (Å²) in [4.78, 5) is 42.5. The molecule has 42 heavy (non-hydrogen) atoms. The molecule has 1 aromatic carbocycles. The smallest absolute Gasteiger partial charge is 0.251 e. The third-order valence-corrected chi connectivity index (χ3v) is 6.64. The van der Waals surface area contributed by atoms with Gasteiger partial charge in [0, 0.05) is 107 Å². The molecule has 0 unspecified atom stereocenters. The highest BCUT2D eigenvalue weighted by molar-refractivity contribution is 5.97. The summed E-state index contributed by atoms with van der Waals surface area (Å²) < 4.78 is 0. The fourth-order valence-corrected chi connectivity index (χ4v) is 4.42. The van der Waals surface area contributed by atoms with E-state index in [0.29, 0.717) is 30.6 Å². The summed E-state index contributed by atoms with van der Waals surface area (Å²) in [7, 11) is 0. The molecule has 0 radical (unpaired) electrons. The van der Waals surface area contributed by atoms with Crippen molar-refractivity contribution >= 4 is 11.8 Å². The van der Waals surface area contributed by atoms with Crippen molar-refractivity contribution in [1.29, 1.82) is 0 Å². The van der Waals surface area contributed by atoms with Crippen LogP contribution in [0.2, 0.25) is 0 Å². The Balaban J connectivity index is 1.47. The molecule has 0 bridgehead atoms. The van der Waals surface area contributed by atoms with Gasteiger partial charge in [0.05, 0.1) is 0 Å². The van der Waals surface area contributed by atoms with Gasteiger partial charge in [0.2, 0.25) is 5.91 Å². The molecular formula is C34H30N6O2. The maximum Gasteiger partial charge on any atom is 0.251 e. The first kappa shape index (κ1) is 28.0. The molecule has 0 aliphatic carbocycles. The van der Waals surface area contributed by atoms with E-state index in [0.717, 1.165) is 44.5 Å². The average Bonchev–Trinajstić information content (AvgIpc) is 3.05. The minimum Gasteiger partial charge on any atom is -0.352 e. The molecule has 0 spiro atoms. The van der Waals surface area contributed by atoms with Crippen molar-refractivity contribution in [3.05, 3.63) is 122 Å². The van der Waals surface area contributed by atoms with Crippen LogP contribution in [-0.4, -0.2) is 44.8 Å². The zero-order valence-corrected chi connectivity index (χ0v) is 23.2. The van der Waals surface area contributed by atoms with E-state index in [1.165, 1.54) is 0 Å². The molecule has 8 nitrogen and oxygen atoms in total. The second-order valence-electron chi connectivity index (χ2n) is 9.85. The van der Waals surface area contributed by atoms with Crippen LogP contribution in [-0.2, 0) is 4.79 Å². The van der Waals surface area contributed by atoms with E-state index in [1.54, 1.807) is 56.5 Å². The van der Waals surface area contributed by atoms with Crippen LogP contribution < -0.4 is 10.6 Å². The van der Waals surface area contributed by atoms with Crippen LogP contribution in [0.5, 0.6) is 0 Å². The molecule has 5 aromatic rings. The van der Waals surface area contributed by atoms with Gasteiger partial charge in [0.25, 0.3) is 5.91 Å². The number of aromatic nitrogens is 4. The minimum absolute atomic E-state index is 0.192. The summed E-state index contributed by atoms with van der Waals surface area (Å²) in [6.07, 6.45) is 14.8. The Labute approximate surface area is 244 Å². The lowest BCUT2D eigenvalue weighted by Crippen LogP contribution is -2.30. The predicted octanol–water partition coefficient (Wildman–Crippen LogP) is 5.75. The number of carbonyl (C=O) groups excluding carboxylic acids is 2. The quantitative estimate of drug-likeness (QED) is 0.168. The first-order valence-corrected chi connectivity index (χ1v) is 13.6. The van der Waals surface area contributed by atoms with Crippen molar-refractivity contribution in [2.24, 2.45) is 0 Å². The van der Waals surface area contributed by atoms with E-state index in [1.807, 2.05) is 54.6 Å². The monoisotopic (exact) mass is 554 g/mol. The fraction of sp³-hybridized carbons (Fsp3) is 0.118. The standard InChI is InChI=1S/C34H30N6O2/c1-23(2)33(41)39-10-5-11-40-34(42)28-13-26(31-15-29(19-37-21-31)24-6-3-8-35-17-24)12-27(14-28)32-16-30(20-38-22-32)25-7-4-9-36-18-25/h3-4,6-9,12-22H,1,5,10-11H2,2H3,(H,39,41)(H,40,42). The van der Waals surface area contributed by atoms with Gasteiger partial charge in [-0.25, -0.2) is 0 Å². The van der Waals surface area contributed by atoms with Gasteiger partial charge in [-0.3, -0.25) is 29.5 Å². The molecule has 5 rings (SSSR count). The van der Waals surface area contributed by atoms with E-state index in [9.17, 15) is 9.59 Å². The fourth-order valence-electron chi connectivity index (χ4n) is 4.42. The van der Waals surface area contributed by atoms with E-state index in [4.69, 9.17) is 0 Å². The van der Waals surface area contributed by atoms with E-state index in [-0.39, 0.29) is 11.8 Å². The van der Waals surface area contributed by atoms with Crippen LogP contribution in [0.15, 0.2) is 116 Å². The lowest BCUT2D eigenvalue weighted by atomic mass is 9.95. The SMILES string of the molecule is C=C(C)C(=O)NCCCNC(=O)c1cc(-c2cncc(-c3cccnc3)c2)cc(-c2cncc(-c3cccnc3)c2)c1. The first-order valence-electron chi connectivity index (χ1n) is 13.6. The summed E-state index contributed by atoms with van der Waals surface area (Å²) in [5.41, 5.74) is 8.13. The van der Waals surface area contributed by atoms with Crippen molar-refractivity contribution in [2.75, 3.05) is 13.1 Å². The number of nitrogens with zero attached hydrogens (tertiary/aromatic N) is 4. The Morgan fingerprint density at radius 2 is 1.07 bits per heavy atom. The lowest BCUT2D eigenvalue weighted by Gasteiger charge is -2.13. The van der Waals surface area contributed by atoms with Crippen LogP contribution in [0.1, 0.15) is 23.7 Å². The van der Waals surface area contributed by atoms with E-state index >= 15 is 0 Å². The van der Waals surface area contributed by atoms with Crippen molar-refractivity contribution in [3.63, 3.8) is 0 Å². The largest absolute Gasteiger partial charge is 0.352 e. The normalized spacial score (nSPS) is 10.6. The number of benzene rings is 1. The molecule has 0 aliphatic rings. The number of rotatable bonds is 10. The number of amides is 2. The number of hydrogen-bond acceptors (Lipinski definition) is 6. The first-order chi connectivity index (χ1) is 20.5. The second-order valence-corrected chi connectivity index (χ2v) is 9.85. The zero-order valence-electron chi connectivity index (χ0n) is 23.2. The Morgan fingerprint density at radius 3 is 1.55 bits per heavy atom. The number of pyridine rings is 4. The van der Waals surface area contributed by atoms with Gasteiger partial charge in [-0.05, 0) is 66.9 Å². The molecule has 2 N–H and O–H groups in total.